The average molecular weight is 412 g/mol. The van der Waals surface area contributed by atoms with Crippen molar-refractivity contribution < 1.29 is 24.6 Å². The molecule has 0 atom stereocenters. The summed E-state index contributed by atoms with van der Waals surface area (Å²) in [5.74, 6) is -1.90. The molecule has 29 heavy (non-hydrogen) atoms. The molecule has 9 heteroatoms. The topological polar surface area (TPSA) is 121 Å². The number of aromatic hydroxyl groups is 2. The first-order valence-corrected chi connectivity index (χ1v) is 8.61. The first kappa shape index (κ1) is 19.8. The molecule has 0 unspecified atom stereocenters. The van der Waals surface area contributed by atoms with Gasteiger partial charge in [0.15, 0.2) is 0 Å². The molecule has 0 spiro atoms. The molecule has 0 aliphatic carbocycles. The SMILES string of the molecule is O=C(ONc1ccc(N=NC(=O)c2ccc(O)cc2O)cc1)c1ccc(Cl)cc1. The number of phenols is 2. The Morgan fingerprint density at radius 2 is 1.62 bits per heavy atom. The molecule has 0 aliphatic rings. The molecule has 3 N–H and O–H groups in total. The molecule has 3 aromatic carbocycles. The first-order valence-electron chi connectivity index (χ1n) is 8.23. The average Bonchev–Trinajstić information content (AvgIpc) is 2.71. The van der Waals surface area contributed by atoms with Crippen molar-refractivity contribution in [2.45, 2.75) is 0 Å². The molecule has 3 aromatic rings. The number of phenolic OH excluding ortho intramolecular Hbond substituents is 2. The van der Waals surface area contributed by atoms with Crippen LogP contribution in [-0.2, 0) is 4.84 Å². The highest BCUT2D eigenvalue weighted by molar-refractivity contribution is 6.30. The molecule has 0 radical (unpaired) electrons. The summed E-state index contributed by atoms with van der Waals surface area (Å²) in [5.41, 5.74) is 3.61. The number of benzene rings is 3. The number of hydrogen-bond acceptors (Lipinski definition) is 7. The summed E-state index contributed by atoms with van der Waals surface area (Å²) in [4.78, 5) is 28.9. The minimum Gasteiger partial charge on any atom is -0.508 e. The van der Waals surface area contributed by atoms with Crippen LogP contribution in [-0.4, -0.2) is 22.1 Å². The van der Waals surface area contributed by atoms with Gasteiger partial charge in [-0.2, -0.15) is 0 Å². The van der Waals surface area contributed by atoms with Crippen LogP contribution < -0.4 is 5.48 Å². The maximum Gasteiger partial charge on any atom is 0.362 e. The smallest absolute Gasteiger partial charge is 0.362 e. The summed E-state index contributed by atoms with van der Waals surface area (Å²) in [7, 11) is 0. The maximum atomic E-state index is 12.0. The summed E-state index contributed by atoms with van der Waals surface area (Å²) >= 11 is 5.77. The van der Waals surface area contributed by atoms with Gasteiger partial charge in [-0.3, -0.25) is 4.79 Å². The summed E-state index contributed by atoms with van der Waals surface area (Å²) in [6.45, 7) is 0. The van der Waals surface area contributed by atoms with Crippen LogP contribution in [0.15, 0.2) is 77.0 Å². The lowest BCUT2D eigenvalue weighted by atomic mass is 10.2. The molecular weight excluding hydrogens is 398 g/mol. The number of azo groups is 1. The van der Waals surface area contributed by atoms with Gasteiger partial charge in [0.1, 0.15) is 11.5 Å². The lowest BCUT2D eigenvalue weighted by Gasteiger charge is -2.07. The van der Waals surface area contributed by atoms with E-state index in [2.05, 4.69) is 15.7 Å². The monoisotopic (exact) mass is 411 g/mol. The number of anilines is 1. The van der Waals surface area contributed by atoms with E-state index in [9.17, 15) is 19.8 Å². The van der Waals surface area contributed by atoms with Gasteiger partial charge in [0, 0.05) is 11.1 Å². The zero-order valence-corrected chi connectivity index (χ0v) is 15.5. The predicted octanol–water partition coefficient (Wildman–Crippen LogP) is 4.86. The lowest BCUT2D eigenvalue weighted by molar-refractivity contribution is 0.0596. The summed E-state index contributed by atoms with van der Waals surface area (Å²) in [6, 6.07) is 16.0. The van der Waals surface area contributed by atoms with Crippen molar-refractivity contribution in [3.63, 3.8) is 0 Å². The highest BCUT2D eigenvalue weighted by atomic mass is 35.5. The van der Waals surface area contributed by atoms with Gasteiger partial charge in [-0.15, -0.1) is 10.2 Å². The molecule has 0 aromatic heterocycles. The minimum atomic E-state index is -0.762. The number of amides is 1. The van der Waals surface area contributed by atoms with Crippen LogP contribution in [0.25, 0.3) is 0 Å². The summed E-state index contributed by atoms with van der Waals surface area (Å²) in [5, 5.41) is 26.7. The van der Waals surface area contributed by atoms with Crippen LogP contribution in [0, 0.1) is 0 Å². The molecule has 1 amide bonds. The minimum absolute atomic E-state index is 0.0843. The third kappa shape index (κ3) is 5.30. The second-order valence-corrected chi connectivity index (χ2v) is 6.19. The first-order chi connectivity index (χ1) is 13.9. The van der Waals surface area contributed by atoms with Crippen molar-refractivity contribution in [2.24, 2.45) is 10.2 Å². The largest absolute Gasteiger partial charge is 0.508 e. The fourth-order valence-corrected chi connectivity index (χ4v) is 2.33. The maximum absolute atomic E-state index is 12.0. The predicted molar refractivity (Wildman–Crippen MR) is 106 cm³/mol. The van der Waals surface area contributed by atoms with E-state index in [0.717, 1.165) is 6.07 Å². The Morgan fingerprint density at radius 3 is 2.28 bits per heavy atom. The van der Waals surface area contributed by atoms with E-state index in [4.69, 9.17) is 16.4 Å². The van der Waals surface area contributed by atoms with Gasteiger partial charge >= 0.3 is 5.97 Å². The van der Waals surface area contributed by atoms with Crippen LogP contribution in [0.3, 0.4) is 0 Å². The van der Waals surface area contributed by atoms with Gasteiger partial charge in [-0.05, 0) is 60.7 Å². The standard InChI is InChI=1S/C20H14ClN3O5/c21-13-3-1-12(2-4-13)20(28)29-24-15-7-5-14(6-8-15)22-23-19(27)17-10-9-16(25)11-18(17)26/h1-11,24-26H. The van der Waals surface area contributed by atoms with Gasteiger partial charge in [0.25, 0.3) is 5.91 Å². The highest BCUT2D eigenvalue weighted by Crippen LogP contribution is 2.24. The Kier molecular flexibility index (Phi) is 6.06. The molecule has 0 heterocycles. The number of nitrogens with one attached hydrogen (secondary N) is 1. The molecule has 0 aliphatic heterocycles. The third-order valence-corrected chi connectivity index (χ3v) is 3.93. The van der Waals surface area contributed by atoms with Crippen LogP contribution in [0.4, 0.5) is 11.4 Å². The third-order valence-electron chi connectivity index (χ3n) is 3.68. The number of rotatable bonds is 5. The van der Waals surface area contributed by atoms with E-state index in [1.54, 1.807) is 48.5 Å². The summed E-state index contributed by atoms with van der Waals surface area (Å²) in [6.07, 6.45) is 0. The fourth-order valence-electron chi connectivity index (χ4n) is 2.20. The van der Waals surface area contributed by atoms with E-state index in [1.807, 2.05) is 0 Å². The number of carbonyl (C=O) groups is 2. The molecule has 3 rings (SSSR count). The number of halogens is 1. The van der Waals surface area contributed by atoms with E-state index in [0.29, 0.717) is 22.0 Å². The van der Waals surface area contributed by atoms with E-state index >= 15 is 0 Å². The Balaban J connectivity index is 1.58. The van der Waals surface area contributed by atoms with Gasteiger partial charge in [0.2, 0.25) is 0 Å². The van der Waals surface area contributed by atoms with Crippen molar-refractivity contribution in [2.75, 3.05) is 5.48 Å². The molecule has 146 valence electrons. The Hall–Kier alpha value is -3.91. The van der Waals surface area contributed by atoms with Crippen molar-refractivity contribution in [3.8, 4) is 11.5 Å². The van der Waals surface area contributed by atoms with E-state index < -0.39 is 17.6 Å². The molecular formula is C20H14ClN3O5. The Morgan fingerprint density at radius 1 is 0.931 bits per heavy atom. The number of nitrogens with zero attached hydrogens (tertiary/aromatic N) is 2. The van der Waals surface area contributed by atoms with Gasteiger partial charge in [0.05, 0.1) is 22.5 Å². The quantitative estimate of drug-likeness (QED) is 0.407. The molecule has 0 fully saturated rings. The number of carbonyl (C=O) groups excluding carboxylic acids is 2. The molecule has 8 nitrogen and oxygen atoms in total. The normalized spacial score (nSPS) is 10.7. The van der Waals surface area contributed by atoms with Crippen molar-refractivity contribution in [1.29, 1.82) is 0 Å². The van der Waals surface area contributed by atoms with Gasteiger partial charge < -0.3 is 15.1 Å². The zero-order valence-electron chi connectivity index (χ0n) is 14.7. The molecule has 0 bridgehead atoms. The highest BCUT2D eigenvalue weighted by Gasteiger charge is 2.11. The Labute approximate surface area is 170 Å². The van der Waals surface area contributed by atoms with Gasteiger partial charge in [-0.25, -0.2) is 10.3 Å². The van der Waals surface area contributed by atoms with Crippen LogP contribution in [0.5, 0.6) is 11.5 Å². The zero-order chi connectivity index (χ0) is 20.8. The van der Waals surface area contributed by atoms with Crippen LogP contribution in [0.2, 0.25) is 5.02 Å². The van der Waals surface area contributed by atoms with Crippen molar-refractivity contribution in [3.05, 3.63) is 82.9 Å². The van der Waals surface area contributed by atoms with E-state index in [-0.39, 0.29) is 11.3 Å². The van der Waals surface area contributed by atoms with Crippen LogP contribution >= 0.6 is 11.6 Å². The van der Waals surface area contributed by atoms with Crippen LogP contribution in [0.1, 0.15) is 20.7 Å². The lowest BCUT2D eigenvalue weighted by Crippen LogP contribution is -2.10. The van der Waals surface area contributed by atoms with Gasteiger partial charge in [-0.1, -0.05) is 11.6 Å². The van der Waals surface area contributed by atoms with E-state index in [1.165, 1.54) is 12.1 Å². The Bertz CT molecular complexity index is 1070. The second kappa shape index (κ2) is 8.85. The van der Waals surface area contributed by atoms with Crippen molar-refractivity contribution in [1.82, 2.24) is 0 Å². The summed E-state index contributed by atoms with van der Waals surface area (Å²) < 4.78 is 0. The molecule has 0 saturated heterocycles. The number of hydrogen-bond donors (Lipinski definition) is 3. The van der Waals surface area contributed by atoms with Crippen molar-refractivity contribution >= 4 is 34.9 Å². The fraction of sp³-hybridized carbons (Fsp3) is 0. The molecule has 0 saturated carbocycles. The second-order valence-electron chi connectivity index (χ2n) is 5.75.